The van der Waals surface area contributed by atoms with Gasteiger partial charge in [-0.2, -0.15) is 11.3 Å². The van der Waals surface area contributed by atoms with Crippen molar-refractivity contribution in [3.8, 4) is 0 Å². The van der Waals surface area contributed by atoms with E-state index in [-0.39, 0.29) is 6.10 Å². The molecule has 1 aromatic rings. The lowest BCUT2D eigenvalue weighted by Gasteiger charge is -2.10. The predicted molar refractivity (Wildman–Crippen MR) is 45.9 cm³/mol. The maximum absolute atomic E-state index is 9.50. The quantitative estimate of drug-likeness (QED) is 0.651. The highest BCUT2D eigenvalue weighted by Gasteiger charge is 2.26. The number of hydrogen-bond donors (Lipinski definition) is 2. The Hall–Kier alpha value is -0.380. The van der Waals surface area contributed by atoms with Crippen molar-refractivity contribution >= 4 is 11.3 Å². The third-order valence-electron chi connectivity index (χ3n) is 2.15. The van der Waals surface area contributed by atoms with Gasteiger partial charge in [0.25, 0.3) is 0 Å². The van der Waals surface area contributed by atoms with Crippen LogP contribution in [-0.4, -0.2) is 24.3 Å². The number of aliphatic hydroxyl groups excluding tert-OH is 1. The second-order valence-corrected chi connectivity index (χ2v) is 3.67. The summed E-state index contributed by atoms with van der Waals surface area (Å²) >= 11 is 1.69. The molecule has 2 rings (SSSR count). The van der Waals surface area contributed by atoms with Crippen LogP contribution in [0, 0.1) is 0 Å². The molecule has 11 heavy (non-hydrogen) atoms. The lowest BCUT2D eigenvalue weighted by atomic mass is 10.00. The average molecular weight is 169 g/mol. The molecule has 0 bridgehead atoms. The molecule has 0 amide bonds. The highest BCUT2D eigenvalue weighted by molar-refractivity contribution is 7.07. The molecule has 60 valence electrons. The van der Waals surface area contributed by atoms with Crippen LogP contribution in [0.25, 0.3) is 0 Å². The maximum Gasteiger partial charge on any atom is 0.0745 e. The van der Waals surface area contributed by atoms with Crippen LogP contribution in [0.2, 0.25) is 0 Å². The molecule has 3 heteroatoms. The summed E-state index contributed by atoms with van der Waals surface area (Å²) in [6.45, 7) is 1.65. The Kier molecular flexibility index (Phi) is 1.94. The minimum Gasteiger partial charge on any atom is -0.391 e. The van der Waals surface area contributed by atoms with E-state index >= 15 is 0 Å². The Labute approximate surface area is 69.9 Å². The summed E-state index contributed by atoms with van der Waals surface area (Å²) < 4.78 is 0. The van der Waals surface area contributed by atoms with Crippen LogP contribution in [0.5, 0.6) is 0 Å². The maximum atomic E-state index is 9.50. The summed E-state index contributed by atoms with van der Waals surface area (Å²) in [6, 6.07) is 2.09. The molecule has 0 spiro atoms. The van der Waals surface area contributed by atoms with Gasteiger partial charge in [-0.15, -0.1) is 0 Å². The Morgan fingerprint density at radius 2 is 2.45 bits per heavy atom. The fraction of sp³-hybridized carbons (Fsp3) is 0.500. The molecule has 1 aliphatic heterocycles. The van der Waals surface area contributed by atoms with Crippen molar-refractivity contribution in [1.82, 2.24) is 5.32 Å². The number of aliphatic hydroxyl groups is 1. The molecule has 1 aromatic heterocycles. The van der Waals surface area contributed by atoms with Gasteiger partial charge < -0.3 is 10.4 Å². The predicted octanol–water partition coefficient (Wildman–Crippen LogP) is 0.796. The molecule has 2 heterocycles. The SMILES string of the molecule is O[C@@H]1CNC[C@H]1c1ccsc1. The van der Waals surface area contributed by atoms with E-state index in [1.165, 1.54) is 5.56 Å². The zero-order valence-electron chi connectivity index (χ0n) is 6.16. The number of β-amino-alcohol motifs (C(OH)–C–C–N with tert-alkyl or cyclic N) is 1. The molecule has 0 saturated carbocycles. The van der Waals surface area contributed by atoms with Gasteiger partial charge in [-0.3, -0.25) is 0 Å². The monoisotopic (exact) mass is 169 g/mol. The van der Waals surface area contributed by atoms with Crippen molar-refractivity contribution in [2.24, 2.45) is 0 Å². The molecule has 2 atom stereocenters. The standard InChI is InChI=1S/C8H11NOS/c10-8-4-9-3-7(8)6-1-2-11-5-6/h1-2,5,7-10H,3-4H2/t7-,8+/m0/s1. The van der Waals surface area contributed by atoms with Gasteiger partial charge in [0.15, 0.2) is 0 Å². The van der Waals surface area contributed by atoms with Crippen LogP contribution < -0.4 is 5.32 Å². The summed E-state index contributed by atoms with van der Waals surface area (Å²) in [5.41, 5.74) is 1.27. The Morgan fingerprint density at radius 3 is 3.00 bits per heavy atom. The lowest BCUT2D eigenvalue weighted by Crippen LogP contribution is -2.15. The molecule has 2 N–H and O–H groups in total. The zero-order chi connectivity index (χ0) is 7.68. The number of thiophene rings is 1. The van der Waals surface area contributed by atoms with E-state index in [1.54, 1.807) is 11.3 Å². The molecule has 0 aliphatic carbocycles. The topological polar surface area (TPSA) is 32.3 Å². The van der Waals surface area contributed by atoms with Crippen LogP contribution in [0.3, 0.4) is 0 Å². The lowest BCUT2D eigenvalue weighted by molar-refractivity contribution is 0.178. The first-order valence-corrected chi connectivity index (χ1v) is 4.73. The van der Waals surface area contributed by atoms with E-state index in [0.29, 0.717) is 5.92 Å². The molecule has 1 saturated heterocycles. The van der Waals surface area contributed by atoms with Crippen molar-refractivity contribution in [2.45, 2.75) is 12.0 Å². The minimum atomic E-state index is -0.190. The van der Waals surface area contributed by atoms with Crippen molar-refractivity contribution < 1.29 is 5.11 Å². The summed E-state index contributed by atoms with van der Waals surface area (Å²) in [4.78, 5) is 0. The Morgan fingerprint density at radius 1 is 1.55 bits per heavy atom. The third kappa shape index (κ3) is 1.31. The fourth-order valence-electron chi connectivity index (χ4n) is 1.49. The van der Waals surface area contributed by atoms with Gasteiger partial charge in [0.1, 0.15) is 0 Å². The van der Waals surface area contributed by atoms with Crippen molar-refractivity contribution in [2.75, 3.05) is 13.1 Å². The number of rotatable bonds is 1. The first kappa shape index (κ1) is 7.28. The smallest absolute Gasteiger partial charge is 0.0745 e. The van der Waals surface area contributed by atoms with Crippen LogP contribution in [-0.2, 0) is 0 Å². The van der Waals surface area contributed by atoms with Crippen LogP contribution >= 0.6 is 11.3 Å². The average Bonchev–Trinajstić information content (AvgIpc) is 2.55. The van der Waals surface area contributed by atoms with Crippen LogP contribution in [0.4, 0.5) is 0 Å². The van der Waals surface area contributed by atoms with Crippen molar-refractivity contribution in [3.63, 3.8) is 0 Å². The largest absolute Gasteiger partial charge is 0.391 e. The molecular formula is C8H11NOS. The number of hydrogen-bond acceptors (Lipinski definition) is 3. The van der Waals surface area contributed by atoms with Crippen molar-refractivity contribution in [1.29, 1.82) is 0 Å². The molecule has 0 aromatic carbocycles. The van der Waals surface area contributed by atoms with Gasteiger partial charge in [0.2, 0.25) is 0 Å². The van der Waals surface area contributed by atoms with E-state index in [4.69, 9.17) is 0 Å². The molecule has 0 radical (unpaired) electrons. The van der Waals surface area contributed by atoms with E-state index in [0.717, 1.165) is 13.1 Å². The molecule has 1 fully saturated rings. The minimum absolute atomic E-state index is 0.190. The summed E-state index contributed by atoms with van der Waals surface area (Å²) in [7, 11) is 0. The highest BCUT2D eigenvalue weighted by atomic mass is 32.1. The zero-order valence-corrected chi connectivity index (χ0v) is 6.97. The molecule has 0 unspecified atom stereocenters. The van der Waals surface area contributed by atoms with Gasteiger partial charge in [-0.05, 0) is 22.4 Å². The van der Waals surface area contributed by atoms with E-state index in [9.17, 15) is 5.11 Å². The summed E-state index contributed by atoms with van der Waals surface area (Å²) in [6.07, 6.45) is -0.190. The third-order valence-corrected chi connectivity index (χ3v) is 2.85. The second kappa shape index (κ2) is 2.93. The highest BCUT2D eigenvalue weighted by Crippen LogP contribution is 2.24. The van der Waals surface area contributed by atoms with Gasteiger partial charge in [0.05, 0.1) is 6.10 Å². The Balaban J connectivity index is 2.16. The fourth-order valence-corrected chi connectivity index (χ4v) is 2.22. The van der Waals surface area contributed by atoms with Crippen LogP contribution in [0.1, 0.15) is 11.5 Å². The van der Waals surface area contributed by atoms with E-state index in [1.807, 2.05) is 0 Å². The summed E-state index contributed by atoms with van der Waals surface area (Å²) in [5, 5.41) is 16.8. The van der Waals surface area contributed by atoms with Gasteiger partial charge >= 0.3 is 0 Å². The van der Waals surface area contributed by atoms with E-state index in [2.05, 4.69) is 22.1 Å². The van der Waals surface area contributed by atoms with Gasteiger partial charge in [-0.1, -0.05) is 0 Å². The van der Waals surface area contributed by atoms with Crippen molar-refractivity contribution in [3.05, 3.63) is 22.4 Å². The number of nitrogens with one attached hydrogen (secondary N) is 1. The van der Waals surface area contributed by atoms with Gasteiger partial charge in [0, 0.05) is 19.0 Å². The molecule has 2 nitrogen and oxygen atoms in total. The normalized spacial score (nSPS) is 31.0. The second-order valence-electron chi connectivity index (χ2n) is 2.89. The Bertz CT molecular complexity index is 222. The first-order valence-electron chi connectivity index (χ1n) is 3.79. The molecular weight excluding hydrogens is 158 g/mol. The molecule has 1 aliphatic rings. The summed E-state index contributed by atoms with van der Waals surface area (Å²) in [5.74, 6) is 0.321. The van der Waals surface area contributed by atoms with Crippen LogP contribution in [0.15, 0.2) is 16.8 Å². The first-order chi connectivity index (χ1) is 5.38. The van der Waals surface area contributed by atoms with Gasteiger partial charge in [-0.25, -0.2) is 0 Å². The van der Waals surface area contributed by atoms with E-state index < -0.39 is 0 Å².